The summed E-state index contributed by atoms with van der Waals surface area (Å²) >= 11 is 0. The van der Waals surface area contributed by atoms with Crippen LogP contribution in [0, 0.1) is 0 Å². The minimum atomic E-state index is -0.696. The molecule has 0 aliphatic heterocycles. The number of unbranched alkanes of at least 4 members (excludes halogenated alkanes) is 2. The molecule has 4 nitrogen and oxygen atoms in total. The van der Waals surface area contributed by atoms with E-state index in [1.54, 1.807) is 0 Å². The molecule has 0 unspecified atom stereocenters. The summed E-state index contributed by atoms with van der Waals surface area (Å²) in [6, 6.07) is 0. The zero-order valence-corrected chi connectivity index (χ0v) is 12.3. The molecule has 0 aliphatic carbocycles. The lowest BCUT2D eigenvalue weighted by Gasteiger charge is -2.25. The van der Waals surface area contributed by atoms with Crippen molar-refractivity contribution in [1.29, 1.82) is 0 Å². The van der Waals surface area contributed by atoms with Crippen molar-refractivity contribution in [3.63, 3.8) is 0 Å². The summed E-state index contributed by atoms with van der Waals surface area (Å²) in [5, 5.41) is 8.77. The van der Waals surface area contributed by atoms with Crippen molar-refractivity contribution in [2.45, 2.75) is 46.5 Å². The molecule has 0 aromatic heterocycles. The van der Waals surface area contributed by atoms with E-state index in [1.807, 2.05) is 0 Å². The Morgan fingerprint density at radius 2 is 1.50 bits per heavy atom. The fourth-order valence-corrected chi connectivity index (χ4v) is 2.00. The molecule has 0 fully saturated rings. The van der Waals surface area contributed by atoms with Crippen molar-refractivity contribution >= 4 is 5.97 Å². The Morgan fingerprint density at radius 3 is 2.00 bits per heavy atom. The van der Waals surface area contributed by atoms with Crippen LogP contribution in [0.3, 0.4) is 0 Å². The third-order valence-electron chi connectivity index (χ3n) is 3.35. The first-order valence-electron chi connectivity index (χ1n) is 7.30. The quantitative estimate of drug-likeness (QED) is 0.546. The average Bonchev–Trinajstić information content (AvgIpc) is 2.36. The van der Waals surface area contributed by atoms with Gasteiger partial charge in [0.25, 0.3) is 0 Å². The number of hydrogen-bond acceptors (Lipinski definition) is 3. The van der Waals surface area contributed by atoms with Gasteiger partial charge in [-0.25, -0.2) is 0 Å². The van der Waals surface area contributed by atoms with Crippen molar-refractivity contribution in [3.8, 4) is 0 Å². The number of carbonyl (C=O) groups is 1. The Balaban J connectivity index is 3.97. The Bertz CT molecular complexity index is 206. The van der Waals surface area contributed by atoms with E-state index in [9.17, 15) is 4.79 Å². The molecule has 0 aromatic rings. The lowest BCUT2D eigenvalue weighted by Crippen LogP contribution is -2.36. The van der Waals surface area contributed by atoms with Gasteiger partial charge < -0.3 is 14.9 Å². The van der Waals surface area contributed by atoms with E-state index in [-0.39, 0.29) is 6.42 Å². The van der Waals surface area contributed by atoms with Gasteiger partial charge in [-0.05, 0) is 26.1 Å². The molecule has 0 atom stereocenters. The van der Waals surface area contributed by atoms with Crippen LogP contribution in [-0.2, 0) is 4.79 Å². The first-order chi connectivity index (χ1) is 8.63. The summed E-state index contributed by atoms with van der Waals surface area (Å²) in [5.74, 6) is -0.696. The summed E-state index contributed by atoms with van der Waals surface area (Å²) in [7, 11) is 0. The number of rotatable bonds is 12. The minimum absolute atomic E-state index is 0.254. The number of aliphatic carboxylic acids is 1. The summed E-state index contributed by atoms with van der Waals surface area (Å²) in [5.41, 5.74) is 0. The van der Waals surface area contributed by atoms with Crippen LogP contribution in [0.5, 0.6) is 0 Å². The van der Waals surface area contributed by atoms with Gasteiger partial charge in [0.2, 0.25) is 0 Å². The minimum Gasteiger partial charge on any atom is -0.481 e. The number of carboxylic acids is 1. The Kier molecular flexibility index (Phi) is 11.1. The molecule has 0 spiro atoms. The lowest BCUT2D eigenvalue weighted by molar-refractivity contribution is -0.137. The van der Waals surface area contributed by atoms with Gasteiger partial charge in [-0.15, -0.1) is 0 Å². The predicted molar refractivity (Wildman–Crippen MR) is 76.0 cm³/mol. The summed E-state index contributed by atoms with van der Waals surface area (Å²) in [4.78, 5) is 15.3. The van der Waals surface area contributed by atoms with Crippen molar-refractivity contribution in [2.24, 2.45) is 0 Å². The fourth-order valence-electron chi connectivity index (χ4n) is 2.00. The van der Waals surface area contributed by atoms with Crippen LogP contribution in [0.25, 0.3) is 0 Å². The second-order valence-corrected chi connectivity index (χ2v) is 4.72. The van der Waals surface area contributed by atoms with Crippen LogP contribution in [0.2, 0.25) is 0 Å². The summed E-state index contributed by atoms with van der Waals surface area (Å²) in [6.45, 7) is 12.4. The molecule has 4 heteroatoms. The highest BCUT2D eigenvalue weighted by atomic mass is 16.4. The second kappa shape index (κ2) is 11.5. The first kappa shape index (κ1) is 17.4. The molecule has 0 heterocycles. The highest BCUT2D eigenvalue weighted by Gasteiger charge is 2.08. The van der Waals surface area contributed by atoms with E-state index in [4.69, 9.17) is 5.11 Å². The van der Waals surface area contributed by atoms with Crippen LogP contribution < -0.4 is 0 Å². The van der Waals surface area contributed by atoms with E-state index in [0.29, 0.717) is 6.54 Å². The number of nitrogens with zero attached hydrogens (tertiary/aromatic N) is 2. The highest BCUT2D eigenvalue weighted by molar-refractivity contribution is 5.66. The molecule has 0 saturated heterocycles. The van der Waals surface area contributed by atoms with Crippen LogP contribution in [0.4, 0.5) is 0 Å². The van der Waals surface area contributed by atoms with Gasteiger partial charge in [-0.1, -0.05) is 33.6 Å². The molecule has 108 valence electrons. The Labute approximate surface area is 112 Å². The third kappa shape index (κ3) is 9.42. The highest BCUT2D eigenvalue weighted by Crippen LogP contribution is 2.01. The summed E-state index contributed by atoms with van der Waals surface area (Å²) in [6.07, 6.45) is 3.87. The monoisotopic (exact) mass is 258 g/mol. The zero-order chi connectivity index (χ0) is 13.8. The van der Waals surface area contributed by atoms with E-state index in [1.165, 1.54) is 19.3 Å². The lowest BCUT2D eigenvalue weighted by atomic mass is 10.2. The van der Waals surface area contributed by atoms with Crippen molar-refractivity contribution < 1.29 is 9.90 Å². The molecular weight excluding hydrogens is 228 g/mol. The van der Waals surface area contributed by atoms with Gasteiger partial charge in [0.05, 0.1) is 6.42 Å². The zero-order valence-electron chi connectivity index (χ0n) is 12.3. The van der Waals surface area contributed by atoms with E-state index in [2.05, 4.69) is 30.6 Å². The first-order valence-corrected chi connectivity index (χ1v) is 7.30. The topological polar surface area (TPSA) is 43.8 Å². The maximum Gasteiger partial charge on any atom is 0.304 e. The molecule has 0 aromatic carbocycles. The predicted octanol–water partition coefficient (Wildman–Crippen LogP) is 2.30. The molecule has 0 bridgehead atoms. The smallest absolute Gasteiger partial charge is 0.304 e. The van der Waals surface area contributed by atoms with Gasteiger partial charge >= 0.3 is 5.97 Å². The molecule has 0 saturated carbocycles. The van der Waals surface area contributed by atoms with Gasteiger partial charge in [0, 0.05) is 19.6 Å². The number of hydrogen-bond donors (Lipinski definition) is 1. The van der Waals surface area contributed by atoms with Crippen LogP contribution in [-0.4, -0.2) is 60.1 Å². The normalized spacial score (nSPS) is 11.4. The third-order valence-corrected chi connectivity index (χ3v) is 3.35. The molecule has 18 heavy (non-hydrogen) atoms. The largest absolute Gasteiger partial charge is 0.481 e. The maximum atomic E-state index is 10.6. The maximum absolute atomic E-state index is 10.6. The average molecular weight is 258 g/mol. The van der Waals surface area contributed by atoms with Gasteiger partial charge in [-0.2, -0.15) is 0 Å². The molecular formula is C14H30N2O2. The van der Waals surface area contributed by atoms with Crippen molar-refractivity contribution in [2.75, 3.05) is 39.3 Å². The SMILES string of the molecule is CCCCCN(CCC(=O)O)CCN(CC)CC. The van der Waals surface area contributed by atoms with Crippen molar-refractivity contribution in [1.82, 2.24) is 9.80 Å². The second-order valence-electron chi connectivity index (χ2n) is 4.72. The number of carboxylic acid groups (broad SMARTS) is 1. The van der Waals surface area contributed by atoms with Crippen molar-refractivity contribution in [3.05, 3.63) is 0 Å². The van der Waals surface area contributed by atoms with Crippen LogP contribution in [0.15, 0.2) is 0 Å². The van der Waals surface area contributed by atoms with Crippen LogP contribution in [0.1, 0.15) is 46.5 Å². The number of likely N-dealkylation sites (N-methyl/N-ethyl adjacent to an activating group) is 1. The molecule has 0 aliphatic rings. The summed E-state index contributed by atoms with van der Waals surface area (Å²) < 4.78 is 0. The Morgan fingerprint density at radius 1 is 0.889 bits per heavy atom. The molecule has 1 N–H and O–H groups in total. The van der Waals surface area contributed by atoms with Gasteiger partial charge in [-0.3, -0.25) is 4.79 Å². The van der Waals surface area contributed by atoms with Gasteiger partial charge in [0.1, 0.15) is 0 Å². The standard InChI is InChI=1S/C14H30N2O2/c1-4-7-8-10-16(11-9-14(17)18)13-12-15(5-2)6-3/h4-13H2,1-3H3,(H,17,18). The van der Waals surface area contributed by atoms with E-state index >= 15 is 0 Å². The van der Waals surface area contributed by atoms with E-state index in [0.717, 1.165) is 32.7 Å². The molecule has 0 amide bonds. The van der Waals surface area contributed by atoms with Crippen LogP contribution >= 0.6 is 0 Å². The molecule has 0 radical (unpaired) electrons. The van der Waals surface area contributed by atoms with Gasteiger partial charge in [0.15, 0.2) is 0 Å². The fraction of sp³-hybridized carbons (Fsp3) is 0.929. The van der Waals surface area contributed by atoms with E-state index < -0.39 is 5.97 Å². The molecule has 0 rings (SSSR count). The Hall–Kier alpha value is -0.610.